The van der Waals surface area contributed by atoms with E-state index < -0.39 is 18.0 Å². The number of amides is 1. The van der Waals surface area contributed by atoms with Crippen molar-refractivity contribution in [3.05, 3.63) is 58.7 Å². The van der Waals surface area contributed by atoms with E-state index in [1.54, 1.807) is 18.4 Å². The molecule has 1 amide bonds. The molecule has 1 unspecified atom stereocenters. The van der Waals surface area contributed by atoms with Crippen LogP contribution in [0.1, 0.15) is 51.0 Å². The molecule has 1 aromatic heterocycles. The van der Waals surface area contributed by atoms with Gasteiger partial charge in [0.1, 0.15) is 6.10 Å². The zero-order valence-electron chi connectivity index (χ0n) is 21.8. The first-order chi connectivity index (χ1) is 17.8. The van der Waals surface area contributed by atoms with Gasteiger partial charge in [-0.25, -0.2) is 0 Å². The van der Waals surface area contributed by atoms with Gasteiger partial charge in [0.15, 0.2) is 11.4 Å². The molecular formula is C28H34BrN3O5. The van der Waals surface area contributed by atoms with Crippen LogP contribution in [0.2, 0.25) is 0 Å². The first-order valence-corrected chi connectivity index (χ1v) is 13.4. The minimum atomic E-state index is -0.526. The Labute approximate surface area is 226 Å². The Morgan fingerprint density at radius 3 is 2.27 bits per heavy atom. The topological polar surface area (TPSA) is 89.9 Å². The number of hydrogen-bond donors (Lipinski definition) is 1. The lowest BCUT2D eigenvalue weighted by Crippen LogP contribution is -2.43. The molecule has 8 nitrogen and oxygen atoms in total. The maximum Gasteiger partial charge on any atom is 0.310 e. The molecule has 0 aliphatic heterocycles. The monoisotopic (exact) mass is 571 g/mol. The van der Waals surface area contributed by atoms with E-state index in [0.29, 0.717) is 11.9 Å². The summed E-state index contributed by atoms with van der Waals surface area (Å²) in [5.74, 6) is -1.02. The lowest BCUT2D eigenvalue weighted by atomic mass is 10.2. The van der Waals surface area contributed by atoms with Crippen LogP contribution in [0.15, 0.2) is 53.0 Å². The van der Waals surface area contributed by atoms with E-state index in [0.717, 1.165) is 28.8 Å². The van der Waals surface area contributed by atoms with Crippen molar-refractivity contribution in [2.75, 3.05) is 26.2 Å². The van der Waals surface area contributed by atoms with E-state index in [1.165, 1.54) is 0 Å². The van der Waals surface area contributed by atoms with Crippen LogP contribution in [0.3, 0.4) is 0 Å². The molecule has 0 saturated carbocycles. The highest BCUT2D eigenvalue weighted by Crippen LogP contribution is 2.37. The van der Waals surface area contributed by atoms with Crippen molar-refractivity contribution < 1.29 is 23.9 Å². The highest BCUT2D eigenvalue weighted by atomic mass is 79.9. The van der Waals surface area contributed by atoms with E-state index in [1.807, 2.05) is 62.4 Å². The fraction of sp³-hybridized carbons (Fsp3) is 0.393. The summed E-state index contributed by atoms with van der Waals surface area (Å²) < 4.78 is 13.9. The Bertz CT molecular complexity index is 1240. The number of likely N-dealkylation sites (N-methyl/N-ethyl adjacent to an activating group) is 1. The zero-order valence-corrected chi connectivity index (χ0v) is 23.3. The Kier molecular flexibility index (Phi) is 10.3. The molecule has 0 aliphatic rings. The van der Waals surface area contributed by atoms with Gasteiger partial charge in [-0.3, -0.25) is 14.4 Å². The molecule has 1 atom stereocenters. The normalized spacial score (nSPS) is 11.9. The number of nitrogens with zero attached hydrogens (tertiary/aromatic N) is 2. The molecule has 1 N–H and O–H groups in total. The number of aromatic nitrogens is 1. The highest BCUT2D eigenvalue weighted by Gasteiger charge is 2.28. The van der Waals surface area contributed by atoms with Crippen LogP contribution in [-0.2, 0) is 14.3 Å². The number of para-hydroxylation sites is 1. The molecule has 3 rings (SSSR count). The molecule has 198 valence electrons. The fourth-order valence-electron chi connectivity index (χ4n) is 4.05. The van der Waals surface area contributed by atoms with Gasteiger partial charge in [0, 0.05) is 34.9 Å². The number of nitrogens with one attached hydrogen (secondary N) is 1. The molecule has 0 radical (unpaired) electrons. The number of fused-ring (bicyclic) bond motifs is 1. The van der Waals surface area contributed by atoms with Gasteiger partial charge in [0.2, 0.25) is 0 Å². The second-order valence-electron chi connectivity index (χ2n) is 8.50. The van der Waals surface area contributed by atoms with E-state index >= 15 is 0 Å². The van der Waals surface area contributed by atoms with Crippen molar-refractivity contribution in [1.29, 1.82) is 0 Å². The van der Waals surface area contributed by atoms with Crippen molar-refractivity contribution in [2.45, 2.75) is 46.6 Å². The average Bonchev–Trinajstić information content (AvgIpc) is 3.23. The molecule has 0 fully saturated rings. The number of halogens is 1. The Morgan fingerprint density at radius 2 is 1.65 bits per heavy atom. The number of carbonyl (C=O) groups is 3. The molecule has 0 saturated heterocycles. The lowest BCUT2D eigenvalue weighted by molar-refractivity contribution is -0.149. The number of hydrogen-bond acceptors (Lipinski definition) is 6. The molecule has 0 spiro atoms. The molecule has 37 heavy (non-hydrogen) atoms. The fourth-order valence-corrected chi connectivity index (χ4v) is 4.41. The first kappa shape index (κ1) is 28.4. The van der Waals surface area contributed by atoms with Crippen molar-refractivity contribution >= 4 is 44.7 Å². The number of ether oxygens (including phenoxy) is 2. The van der Waals surface area contributed by atoms with Crippen molar-refractivity contribution in [3.63, 3.8) is 0 Å². The summed E-state index contributed by atoms with van der Waals surface area (Å²) in [5.41, 5.74) is 1.66. The predicted molar refractivity (Wildman–Crippen MR) is 147 cm³/mol. The summed E-state index contributed by atoms with van der Waals surface area (Å²) >= 11 is 3.49. The van der Waals surface area contributed by atoms with Crippen molar-refractivity contribution in [1.82, 2.24) is 14.8 Å². The van der Waals surface area contributed by atoms with Crippen LogP contribution < -0.4 is 10.1 Å². The summed E-state index contributed by atoms with van der Waals surface area (Å²) in [6, 6.07) is 15.0. The van der Waals surface area contributed by atoms with E-state index in [4.69, 9.17) is 9.47 Å². The number of carbonyl (C=O) groups excluding carboxylic acids is 3. The van der Waals surface area contributed by atoms with Gasteiger partial charge in [0.05, 0.1) is 12.1 Å². The van der Waals surface area contributed by atoms with Gasteiger partial charge in [-0.15, -0.1) is 0 Å². The average molecular weight is 573 g/mol. The largest absolute Gasteiger partial charge is 0.459 e. The summed E-state index contributed by atoms with van der Waals surface area (Å²) in [6.07, 6.45) is -0.121. The second kappa shape index (κ2) is 13.4. The van der Waals surface area contributed by atoms with E-state index in [-0.39, 0.29) is 36.8 Å². The van der Waals surface area contributed by atoms with Gasteiger partial charge >= 0.3 is 11.9 Å². The SMILES string of the molecule is CCC(=O)Oc1c(C(=O)NCC(CN(CC)CC)OC(=O)CC)n(-c2ccccc2)c2ccc(Br)cc12. The van der Waals surface area contributed by atoms with Gasteiger partial charge in [0.25, 0.3) is 5.91 Å². The summed E-state index contributed by atoms with van der Waals surface area (Å²) in [4.78, 5) is 40.4. The van der Waals surface area contributed by atoms with E-state index in [2.05, 4.69) is 26.1 Å². The second-order valence-corrected chi connectivity index (χ2v) is 9.41. The maximum absolute atomic E-state index is 13.8. The molecule has 3 aromatic rings. The highest BCUT2D eigenvalue weighted by molar-refractivity contribution is 9.10. The molecule has 9 heteroatoms. The van der Waals surface area contributed by atoms with Crippen molar-refractivity contribution in [2.24, 2.45) is 0 Å². The van der Waals surface area contributed by atoms with Gasteiger partial charge in [-0.1, -0.05) is 61.8 Å². The lowest BCUT2D eigenvalue weighted by Gasteiger charge is -2.25. The standard InChI is InChI=1S/C28H34BrN3O5/c1-5-24(33)36-21(18-31(7-3)8-4)17-30-28(35)26-27(37-25(34)6-2)22-16-19(29)14-15-23(22)32(26)20-12-10-9-11-13-20/h9-16,21H,5-8,17-18H2,1-4H3,(H,30,35). The smallest absolute Gasteiger partial charge is 0.310 e. The van der Waals surface area contributed by atoms with Crippen LogP contribution in [0, 0.1) is 0 Å². The quantitative estimate of drug-likeness (QED) is 0.304. The Morgan fingerprint density at radius 1 is 0.973 bits per heavy atom. The first-order valence-electron chi connectivity index (χ1n) is 12.6. The summed E-state index contributed by atoms with van der Waals surface area (Å²) in [5, 5.41) is 3.56. The van der Waals surface area contributed by atoms with Crippen LogP contribution >= 0.6 is 15.9 Å². The van der Waals surface area contributed by atoms with Gasteiger partial charge < -0.3 is 24.3 Å². The number of rotatable bonds is 12. The number of esters is 2. The minimum Gasteiger partial charge on any atom is -0.459 e. The molecule has 0 bridgehead atoms. The third-order valence-electron chi connectivity index (χ3n) is 6.05. The van der Waals surface area contributed by atoms with Gasteiger partial charge in [-0.05, 0) is 43.4 Å². The Hall–Kier alpha value is -3.17. The van der Waals surface area contributed by atoms with Crippen LogP contribution in [0.5, 0.6) is 5.75 Å². The number of benzene rings is 2. The van der Waals surface area contributed by atoms with E-state index in [9.17, 15) is 14.4 Å². The summed E-state index contributed by atoms with van der Waals surface area (Å²) in [7, 11) is 0. The van der Waals surface area contributed by atoms with Crippen LogP contribution in [0.25, 0.3) is 16.6 Å². The van der Waals surface area contributed by atoms with Gasteiger partial charge in [-0.2, -0.15) is 0 Å². The molecular weight excluding hydrogens is 538 g/mol. The maximum atomic E-state index is 13.8. The zero-order chi connectivity index (χ0) is 26.9. The third-order valence-corrected chi connectivity index (χ3v) is 6.54. The molecule has 2 aromatic carbocycles. The Balaban J connectivity index is 2.06. The van der Waals surface area contributed by atoms with Crippen molar-refractivity contribution in [3.8, 4) is 11.4 Å². The summed E-state index contributed by atoms with van der Waals surface area (Å²) in [6.45, 7) is 9.69. The predicted octanol–water partition coefficient (Wildman–Crippen LogP) is 5.10. The van der Waals surface area contributed by atoms with Crippen LogP contribution in [-0.4, -0.2) is 59.6 Å². The third kappa shape index (κ3) is 6.99. The van der Waals surface area contributed by atoms with Crippen LogP contribution in [0.4, 0.5) is 0 Å². The minimum absolute atomic E-state index is 0.113. The molecule has 1 heterocycles. The molecule has 0 aliphatic carbocycles.